The van der Waals surface area contributed by atoms with Crippen LogP contribution in [0, 0.1) is 17.1 Å². The first kappa shape index (κ1) is 25.1. The van der Waals surface area contributed by atoms with Crippen molar-refractivity contribution in [1.29, 1.82) is 5.26 Å². The van der Waals surface area contributed by atoms with Crippen molar-refractivity contribution in [1.82, 2.24) is 9.88 Å². The van der Waals surface area contributed by atoms with E-state index in [0.717, 1.165) is 12.8 Å². The molecule has 2 saturated heterocycles. The first-order valence-corrected chi connectivity index (χ1v) is 12.5. The minimum atomic E-state index is -0.732. The van der Waals surface area contributed by atoms with Gasteiger partial charge in [-0.2, -0.15) is 5.26 Å². The van der Waals surface area contributed by atoms with Crippen molar-refractivity contribution in [3.63, 3.8) is 0 Å². The van der Waals surface area contributed by atoms with Crippen molar-refractivity contribution >= 4 is 51.4 Å². The largest absolute Gasteiger partial charge is 0.493 e. The zero-order chi connectivity index (χ0) is 26.3. The number of ether oxygens (including phenoxy) is 2. The Hall–Kier alpha value is -3.54. The van der Waals surface area contributed by atoms with Crippen molar-refractivity contribution in [3.05, 3.63) is 64.5 Å². The number of hydrogen-bond acceptors (Lipinski definition) is 6. The molecule has 2 bridgehead atoms. The minimum Gasteiger partial charge on any atom is -0.493 e. The predicted molar refractivity (Wildman–Crippen MR) is 140 cm³/mol. The second-order valence-electron chi connectivity index (χ2n) is 9.07. The quantitative estimate of drug-likeness (QED) is 0.288. The van der Waals surface area contributed by atoms with E-state index in [2.05, 4.69) is 22.9 Å². The fourth-order valence-corrected chi connectivity index (χ4v) is 5.61. The lowest BCUT2D eigenvalue weighted by atomic mass is 9.99. The van der Waals surface area contributed by atoms with Crippen LogP contribution in [0.25, 0.3) is 10.9 Å². The van der Waals surface area contributed by atoms with E-state index in [-0.39, 0.29) is 45.4 Å². The molecule has 37 heavy (non-hydrogen) atoms. The molecular formula is C27H23Cl2FN4O3. The van der Waals surface area contributed by atoms with Crippen molar-refractivity contribution in [2.45, 2.75) is 43.9 Å². The number of nitriles is 1. The van der Waals surface area contributed by atoms with Crippen LogP contribution in [-0.4, -0.2) is 41.1 Å². The standard InChI is InChI=1S/C27H23Cl2FN4O3/c1-3-24(35)34-15-4-5-16(34)9-17(8-15)37-23-10-18-21(11-22(23)36-2)32-13-14(12-31)27(18)33-20-7-6-19(28)25(29)26(20)30/h3,6-7,10-11,13,15-17H,1,4-5,8-9H2,2H3,(H,32,33). The van der Waals surface area contributed by atoms with Gasteiger partial charge >= 0.3 is 0 Å². The Bertz CT molecular complexity index is 1440. The Kier molecular flexibility index (Phi) is 6.84. The number of pyridine rings is 1. The number of rotatable bonds is 6. The Morgan fingerprint density at radius 3 is 2.65 bits per heavy atom. The van der Waals surface area contributed by atoms with Gasteiger partial charge in [0.1, 0.15) is 12.2 Å². The Morgan fingerprint density at radius 1 is 1.27 bits per heavy atom. The lowest BCUT2D eigenvalue weighted by Gasteiger charge is -2.38. The molecule has 0 saturated carbocycles. The summed E-state index contributed by atoms with van der Waals surface area (Å²) < 4.78 is 26.8. The molecule has 5 rings (SSSR count). The van der Waals surface area contributed by atoms with Gasteiger partial charge in [-0.15, -0.1) is 0 Å². The van der Waals surface area contributed by atoms with Gasteiger partial charge in [-0.3, -0.25) is 9.78 Å². The predicted octanol–water partition coefficient (Wildman–Crippen LogP) is 6.39. The lowest BCUT2D eigenvalue weighted by Crippen LogP contribution is -2.48. The van der Waals surface area contributed by atoms with Gasteiger partial charge in [0, 0.05) is 42.6 Å². The molecule has 0 radical (unpaired) electrons. The maximum absolute atomic E-state index is 14.8. The molecule has 3 heterocycles. The van der Waals surface area contributed by atoms with E-state index < -0.39 is 5.82 Å². The highest BCUT2D eigenvalue weighted by molar-refractivity contribution is 6.42. The third kappa shape index (κ3) is 4.54. The fraction of sp³-hybridized carbons (Fsp3) is 0.296. The number of methoxy groups -OCH3 is 1. The third-order valence-electron chi connectivity index (χ3n) is 6.98. The smallest absolute Gasteiger partial charge is 0.246 e. The summed E-state index contributed by atoms with van der Waals surface area (Å²) in [5.74, 6) is 0.171. The number of amides is 1. The fourth-order valence-electron chi connectivity index (χ4n) is 5.30. The van der Waals surface area contributed by atoms with Gasteiger partial charge in [0.15, 0.2) is 17.3 Å². The third-order valence-corrected chi connectivity index (χ3v) is 7.76. The van der Waals surface area contributed by atoms with E-state index in [1.165, 1.54) is 31.5 Å². The van der Waals surface area contributed by atoms with Crippen LogP contribution in [0.5, 0.6) is 11.5 Å². The van der Waals surface area contributed by atoms with Crippen LogP contribution < -0.4 is 14.8 Å². The summed E-state index contributed by atoms with van der Waals surface area (Å²) in [4.78, 5) is 18.6. The Morgan fingerprint density at radius 2 is 2.00 bits per heavy atom. The number of nitrogens with one attached hydrogen (secondary N) is 1. The highest BCUT2D eigenvalue weighted by atomic mass is 35.5. The number of hydrogen-bond donors (Lipinski definition) is 1. The minimum absolute atomic E-state index is 0.0467. The van der Waals surface area contributed by atoms with Gasteiger partial charge in [0.25, 0.3) is 0 Å². The normalized spacial score (nSPS) is 20.4. The maximum Gasteiger partial charge on any atom is 0.246 e. The molecule has 0 aliphatic carbocycles. The number of carbonyl (C=O) groups is 1. The molecule has 7 nitrogen and oxygen atoms in total. The molecule has 1 aromatic heterocycles. The number of halogens is 3. The van der Waals surface area contributed by atoms with Crippen molar-refractivity contribution in [2.75, 3.05) is 12.4 Å². The summed E-state index contributed by atoms with van der Waals surface area (Å²) in [6.45, 7) is 3.63. The number of nitrogens with zero attached hydrogens (tertiary/aromatic N) is 3. The molecule has 2 atom stereocenters. The van der Waals surface area contributed by atoms with E-state index in [4.69, 9.17) is 32.7 Å². The molecule has 1 N–H and O–H groups in total. The molecule has 2 aromatic carbocycles. The van der Waals surface area contributed by atoms with Gasteiger partial charge in [-0.25, -0.2) is 4.39 Å². The molecule has 2 fully saturated rings. The Balaban J connectivity index is 1.52. The van der Waals surface area contributed by atoms with E-state index in [1.807, 2.05) is 4.90 Å². The molecule has 2 aliphatic heterocycles. The molecule has 190 valence electrons. The number of aromatic nitrogens is 1. The summed E-state index contributed by atoms with van der Waals surface area (Å²) in [7, 11) is 1.54. The summed E-state index contributed by atoms with van der Waals surface area (Å²) in [5.41, 5.74) is 1.15. The van der Waals surface area contributed by atoms with E-state index in [9.17, 15) is 14.4 Å². The van der Waals surface area contributed by atoms with E-state index in [0.29, 0.717) is 40.9 Å². The van der Waals surface area contributed by atoms with E-state index >= 15 is 0 Å². The second kappa shape index (κ2) is 10.1. The average Bonchev–Trinajstić information content (AvgIpc) is 3.18. The molecule has 1 amide bonds. The number of anilines is 2. The van der Waals surface area contributed by atoms with Crippen LogP contribution in [0.3, 0.4) is 0 Å². The van der Waals surface area contributed by atoms with Gasteiger partial charge in [-0.1, -0.05) is 29.8 Å². The SMILES string of the molecule is C=CC(=O)N1C2CCC1CC(Oc1cc3c(Nc4ccc(Cl)c(Cl)c4F)c(C#N)cnc3cc1OC)C2. The number of carbonyl (C=O) groups excluding carboxylic acids is 1. The van der Waals surface area contributed by atoms with Gasteiger partial charge in [0.2, 0.25) is 5.91 Å². The van der Waals surface area contributed by atoms with Crippen LogP contribution >= 0.6 is 23.2 Å². The van der Waals surface area contributed by atoms with Crippen LogP contribution in [0.4, 0.5) is 15.8 Å². The summed E-state index contributed by atoms with van der Waals surface area (Å²) in [6.07, 6.45) is 5.87. The molecule has 3 aromatic rings. The van der Waals surface area contributed by atoms with Crippen LogP contribution in [0.1, 0.15) is 31.2 Å². The van der Waals surface area contributed by atoms with Gasteiger partial charge in [-0.05, 0) is 37.1 Å². The average molecular weight is 541 g/mol. The molecule has 10 heteroatoms. The van der Waals surface area contributed by atoms with Crippen molar-refractivity contribution < 1.29 is 18.7 Å². The second-order valence-corrected chi connectivity index (χ2v) is 9.86. The summed E-state index contributed by atoms with van der Waals surface area (Å²) in [5, 5.41) is 13.1. The molecular weight excluding hydrogens is 518 g/mol. The number of piperidine rings is 1. The molecule has 2 aliphatic rings. The highest BCUT2D eigenvalue weighted by Gasteiger charge is 2.43. The van der Waals surface area contributed by atoms with Crippen molar-refractivity contribution in [2.24, 2.45) is 0 Å². The first-order valence-electron chi connectivity index (χ1n) is 11.8. The molecule has 2 unspecified atom stereocenters. The van der Waals surface area contributed by atoms with Crippen molar-refractivity contribution in [3.8, 4) is 17.6 Å². The Labute approximate surface area is 223 Å². The zero-order valence-corrected chi connectivity index (χ0v) is 21.4. The van der Waals surface area contributed by atoms with Crippen LogP contribution in [-0.2, 0) is 4.79 Å². The first-order chi connectivity index (χ1) is 17.8. The number of fused-ring (bicyclic) bond motifs is 3. The summed E-state index contributed by atoms with van der Waals surface area (Å²) >= 11 is 11.9. The van der Waals surface area contributed by atoms with Gasteiger partial charge < -0.3 is 19.7 Å². The monoisotopic (exact) mass is 540 g/mol. The maximum atomic E-state index is 14.8. The highest BCUT2D eigenvalue weighted by Crippen LogP contribution is 2.42. The van der Waals surface area contributed by atoms with Gasteiger partial charge in [0.05, 0.1) is 39.6 Å². The topological polar surface area (TPSA) is 87.5 Å². The van der Waals surface area contributed by atoms with Crippen LogP contribution in [0.2, 0.25) is 10.0 Å². The van der Waals surface area contributed by atoms with E-state index in [1.54, 1.807) is 12.1 Å². The number of benzene rings is 2. The molecule has 0 spiro atoms. The van der Waals surface area contributed by atoms with Crippen LogP contribution in [0.15, 0.2) is 43.1 Å². The zero-order valence-electron chi connectivity index (χ0n) is 19.9. The lowest BCUT2D eigenvalue weighted by molar-refractivity contribution is -0.131. The summed E-state index contributed by atoms with van der Waals surface area (Å²) in [6, 6.07) is 8.68.